The Kier molecular flexibility index (Phi) is 44.3. The summed E-state index contributed by atoms with van der Waals surface area (Å²) in [5, 5.41) is 0. The van der Waals surface area contributed by atoms with Crippen molar-refractivity contribution >= 4 is 17.2 Å². The molecule has 4 heteroatoms. The predicted octanol–water partition coefficient (Wildman–Crippen LogP) is 1.29. The Morgan fingerprint density at radius 3 is 1.25 bits per heavy atom. The van der Waals surface area contributed by atoms with Crippen molar-refractivity contribution in [3.05, 3.63) is 0 Å². The first-order valence-electron chi connectivity index (χ1n) is 0.577. The van der Waals surface area contributed by atoms with Gasteiger partial charge in [0.25, 0.3) is 0 Å². The Labute approximate surface area is 63.6 Å². The first kappa shape index (κ1) is 9.57. The predicted molar refractivity (Wildman–Crippen MR) is 15.2 cm³/mol. The van der Waals surface area contributed by atoms with E-state index >= 15 is 0 Å². The summed E-state index contributed by atoms with van der Waals surface area (Å²) in [4.78, 5) is 0. The maximum atomic E-state index is 4.28. The molecular formula is CdHgS2. The summed E-state index contributed by atoms with van der Waals surface area (Å²) in [5.41, 5.74) is 0. The second-order valence-corrected chi connectivity index (χ2v) is 0. The van der Waals surface area contributed by atoms with E-state index in [2.05, 4.69) is 17.2 Å². The molecule has 0 saturated carbocycles. The summed E-state index contributed by atoms with van der Waals surface area (Å²) in [6.07, 6.45) is 0. The van der Waals surface area contributed by atoms with Gasteiger partial charge >= 0.3 is 64.9 Å². The van der Waals surface area contributed by atoms with Crippen LogP contribution in [-0.4, -0.2) is 0 Å². The SMILES string of the molecule is [S]=[Cd].[S]=[Hg]. The Balaban J connectivity index is 0. The molecule has 0 saturated heterocycles. The molecule has 0 N–H and O–H groups in total. The maximum absolute atomic E-state index is 4.28. The Morgan fingerprint density at radius 2 is 1.25 bits per heavy atom. The van der Waals surface area contributed by atoms with Crippen molar-refractivity contribution in [3.63, 3.8) is 0 Å². The average molecular weight is 377 g/mol. The molecule has 0 aromatic rings. The molecule has 0 spiro atoms. The van der Waals surface area contributed by atoms with Crippen molar-refractivity contribution in [2.45, 2.75) is 0 Å². The van der Waals surface area contributed by atoms with E-state index in [4.69, 9.17) is 0 Å². The van der Waals surface area contributed by atoms with Gasteiger partial charge in [-0.2, -0.15) is 0 Å². The van der Waals surface area contributed by atoms with Crippen LogP contribution in [0.4, 0.5) is 0 Å². The summed E-state index contributed by atoms with van der Waals surface area (Å²) in [6, 6.07) is 0. The van der Waals surface area contributed by atoms with Crippen LogP contribution < -0.4 is 0 Å². The van der Waals surface area contributed by atoms with Gasteiger partial charge in [0.1, 0.15) is 0 Å². The van der Waals surface area contributed by atoms with E-state index in [0.717, 1.165) is 23.7 Å². The molecule has 0 radical (unpaired) electrons. The molecule has 0 unspecified atom stereocenters. The average Bonchev–Trinajstić information content (AvgIpc) is 1.50. The quantitative estimate of drug-likeness (QED) is 0.584. The fourth-order valence-corrected chi connectivity index (χ4v) is 0. The Bertz CT molecular complexity index is 8.00. The molecule has 4 heavy (non-hydrogen) atoms. The van der Waals surface area contributed by atoms with Gasteiger partial charge in [-0.15, -0.1) is 0 Å². The van der Waals surface area contributed by atoms with E-state index in [1.165, 1.54) is 0 Å². The fraction of sp³-hybridized carbons (Fsp3) is 0. The van der Waals surface area contributed by atoms with Crippen molar-refractivity contribution in [2.24, 2.45) is 0 Å². The van der Waals surface area contributed by atoms with E-state index in [1.54, 1.807) is 0 Å². The van der Waals surface area contributed by atoms with Crippen LogP contribution in [0.5, 0.6) is 0 Å². The third-order valence-corrected chi connectivity index (χ3v) is 0. The standard InChI is InChI=1S/Cd.Hg.2S. The van der Waals surface area contributed by atoms with Gasteiger partial charge < -0.3 is 0 Å². The summed E-state index contributed by atoms with van der Waals surface area (Å²) in [7, 11) is 8.53. The van der Waals surface area contributed by atoms with Crippen molar-refractivity contribution in [2.75, 3.05) is 0 Å². The van der Waals surface area contributed by atoms with E-state index in [9.17, 15) is 0 Å². The fourth-order valence-electron chi connectivity index (χ4n) is 0. The molecule has 0 heterocycles. The number of rotatable bonds is 0. The van der Waals surface area contributed by atoms with E-state index < -0.39 is 0 Å². The van der Waals surface area contributed by atoms with Gasteiger partial charge in [-0.05, 0) is 0 Å². The molecule has 0 rings (SSSR count). The van der Waals surface area contributed by atoms with Crippen LogP contribution in [0.2, 0.25) is 0 Å². The first-order valence-corrected chi connectivity index (χ1v) is 13.4. The Hall–Kier alpha value is 2.30. The summed E-state index contributed by atoms with van der Waals surface area (Å²) in [6.45, 7) is 0. The van der Waals surface area contributed by atoms with Crippen molar-refractivity contribution in [3.8, 4) is 0 Å². The van der Waals surface area contributed by atoms with E-state index in [-0.39, 0.29) is 0 Å². The molecule has 0 aliphatic rings. The van der Waals surface area contributed by atoms with Crippen molar-refractivity contribution < 1.29 is 47.7 Å². The molecule has 0 amide bonds. The monoisotopic (exact) mass is 380 g/mol. The minimum absolute atomic E-state index is 0.611. The van der Waals surface area contributed by atoms with Crippen LogP contribution >= 0.6 is 17.2 Å². The third-order valence-electron chi connectivity index (χ3n) is 0. The van der Waals surface area contributed by atoms with Gasteiger partial charge in [-0.25, -0.2) is 0 Å². The van der Waals surface area contributed by atoms with Gasteiger partial charge in [0.2, 0.25) is 0 Å². The molecule has 0 aromatic heterocycles. The zero-order valence-corrected chi connectivity index (χ0v) is 13.4. The zero-order chi connectivity index (χ0) is 4.00. The van der Waals surface area contributed by atoms with Crippen LogP contribution in [0.25, 0.3) is 0 Å². The van der Waals surface area contributed by atoms with Crippen LogP contribution in [0.15, 0.2) is 0 Å². The normalized spacial score (nSPS) is 3.00. The number of hydrogen-bond donors (Lipinski definition) is 0. The van der Waals surface area contributed by atoms with Crippen LogP contribution in [0.3, 0.4) is 0 Å². The third kappa shape index (κ3) is 8.85. The molecule has 0 nitrogen and oxygen atoms in total. The van der Waals surface area contributed by atoms with Gasteiger partial charge in [-0.3, -0.25) is 0 Å². The van der Waals surface area contributed by atoms with Gasteiger partial charge in [0, 0.05) is 0 Å². The van der Waals surface area contributed by atoms with E-state index in [0.29, 0.717) is 24.0 Å². The number of hydrogen-bond acceptors (Lipinski definition) is 2. The van der Waals surface area contributed by atoms with Crippen molar-refractivity contribution in [1.29, 1.82) is 0 Å². The van der Waals surface area contributed by atoms with Gasteiger partial charge in [-0.1, -0.05) is 0 Å². The Morgan fingerprint density at radius 1 is 1.25 bits per heavy atom. The van der Waals surface area contributed by atoms with Gasteiger partial charge in [0.15, 0.2) is 0 Å². The van der Waals surface area contributed by atoms with E-state index in [1.807, 2.05) is 0 Å². The minimum atomic E-state index is 0.611. The molecule has 16 valence electrons. The molecule has 0 bridgehead atoms. The van der Waals surface area contributed by atoms with Gasteiger partial charge in [0.05, 0.1) is 0 Å². The summed E-state index contributed by atoms with van der Waals surface area (Å²) >= 11 is 1.34. The van der Waals surface area contributed by atoms with Crippen LogP contribution in [-0.2, 0) is 47.7 Å². The topological polar surface area (TPSA) is 0 Å². The van der Waals surface area contributed by atoms with Crippen molar-refractivity contribution in [1.82, 2.24) is 0 Å². The molecule has 0 aliphatic heterocycles. The second-order valence-electron chi connectivity index (χ2n) is 0. The summed E-state index contributed by atoms with van der Waals surface area (Å²) < 4.78 is 0. The van der Waals surface area contributed by atoms with Crippen LogP contribution in [0.1, 0.15) is 0 Å². The molecular weight excluding hydrogens is 377 g/mol. The molecule has 0 aromatic carbocycles. The zero-order valence-electron chi connectivity index (χ0n) is 2.23. The molecule has 0 atom stereocenters. The van der Waals surface area contributed by atoms with Crippen LogP contribution in [0, 0.1) is 0 Å². The molecule has 0 fully saturated rings. The first-order chi connectivity index (χ1) is 2.00. The second kappa shape index (κ2) is 18.5. The summed E-state index contributed by atoms with van der Waals surface area (Å²) in [5.74, 6) is 0. The molecule has 0 aliphatic carbocycles.